The van der Waals surface area contributed by atoms with Gasteiger partial charge in [-0.15, -0.1) is 0 Å². The minimum absolute atomic E-state index is 0. The van der Waals surface area contributed by atoms with Crippen LogP contribution >= 0.6 is 0 Å². The Kier molecular flexibility index (Phi) is 8.73. The number of aliphatic hydroxyl groups excluding tert-OH is 1. The van der Waals surface area contributed by atoms with Crippen molar-refractivity contribution in [3.8, 4) is 0 Å². The summed E-state index contributed by atoms with van der Waals surface area (Å²) in [4.78, 5) is 15.2. The number of quaternary nitrogens is 1. The van der Waals surface area contributed by atoms with Crippen molar-refractivity contribution in [1.29, 1.82) is 0 Å². The van der Waals surface area contributed by atoms with Crippen LogP contribution < -0.4 is 24.0 Å². The lowest BCUT2D eigenvalue weighted by atomic mass is 10.2. The highest BCUT2D eigenvalue weighted by Gasteiger charge is 2.06. The number of ketones is 1. The van der Waals surface area contributed by atoms with Crippen LogP contribution in [0.2, 0.25) is 0 Å². The molecule has 0 radical (unpaired) electrons. The third kappa shape index (κ3) is 8.84. The van der Waals surface area contributed by atoms with Gasteiger partial charge in [-0.3, -0.25) is 9.79 Å². The largest absolute Gasteiger partial charge is 1.00 e. The number of rotatable bonds is 5. The molecule has 0 aromatic heterocycles. The van der Waals surface area contributed by atoms with Crippen molar-refractivity contribution in [3.05, 3.63) is 11.3 Å². The van der Waals surface area contributed by atoms with Gasteiger partial charge in [0.05, 0.1) is 39.8 Å². The topological polar surface area (TPSA) is 49.7 Å². The highest BCUT2D eigenvalue weighted by Crippen LogP contribution is 1.99. The molecule has 94 valence electrons. The summed E-state index contributed by atoms with van der Waals surface area (Å²) in [6.45, 7) is 4.45. The predicted molar refractivity (Wildman–Crippen MR) is 62.3 cm³/mol. The lowest BCUT2D eigenvalue weighted by molar-refractivity contribution is -0.868. The van der Waals surface area contributed by atoms with Crippen LogP contribution in [0.1, 0.15) is 13.8 Å². The Morgan fingerprint density at radius 2 is 1.81 bits per heavy atom. The van der Waals surface area contributed by atoms with Crippen LogP contribution in [0.3, 0.4) is 0 Å². The molecule has 0 bridgehead atoms. The first-order valence-electron chi connectivity index (χ1n) is 4.95. The van der Waals surface area contributed by atoms with E-state index in [2.05, 4.69) is 26.1 Å². The standard InChI is InChI=1S/C11H20N2O2.HI/c1-9(14)11(10(2)15)8-12-6-7-13(3,4)5;/h8H,6-7H2,1-5H3;1H. The monoisotopic (exact) mass is 340 g/mol. The summed E-state index contributed by atoms with van der Waals surface area (Å²) in [6, 6.07) is 0. The number of halogens is 1. The van der Waals surface area contributed by atoms with Gasteiger partial charge in [-0.2, -0.15) is 0 Å². The van der Waals surface area contributed by atoms with E-state index in [-0.39, 0.29) is 41.1 Å². The zero-order valence-electron chi connectivity index (χ0n) is 10.6. The van der Waals surface area contributed by atoms with Gasteiger partial charge >= 0.3 is 0 Å². The zero-order chi connectivity index (χ0) is 12.1. The third-order valence-electron chi connectivity index (χ3n) is 1.89. The van der Waals surface area contributed by atoms with Crippen LogP contribution in [-0.4, -0.2) is 55.8 Å². The second-order valence-corrected chi connectivity index (χ2v) is 4.60. The Morgan fingerprint density at radius 3 is 2.12 bits per heavy atom. The molecule has 5 heteroatoms. The van der Waals surface area contributed by atoms with E-state index in [0.29, 0.717) is 6.54 Å². The van der Waals surface area contributed by atoms with E-state index in [1.165, 1.54) is 20.1 Å². The Hall–Kier alpha value is -0.430. The Balaban J connectivity index is 0. The second-order valence-electron chi connectivity index (χ2n) is 4.60. The molecule has 0 fully saturated rings. The molecule has 0 unspecified atom stereocenters. The van der Waals surface area contributed by atoms with Crippen LogP contribution in [0.15, 0.2) is 16.3 Å². The summed E-state index contributed by atoms with van der Waals surface area (Å²) in [7, 11) is 6.23. The van der Waals surface area contributed by atoms with E-state index in [1.54, 1.807) is 0 Å². The number of carbonyl (C=O) groups is 1. The fourth-order valence-corrected chi connectivity index (χ4v) is 0.953. The highest BCUT2D eigenvalue weighted by molar-refractivity contribution is 6.12. The molecule has 0 rings (SSSR count). The molecule has 0 aliphatic carbocycles. The average Bonchev–Trinajstić information content (AvgIpc) is 2.00. The van der Waals surface area contributed by atoms with Gasteiger partial charge in [-0.05, 0) is 13.8 Å². The van der Waals surface area contributed by atoms with Gasteiger partial charge in [0.2, 0.25) is 0 Å². The molecule has 0 amide bonds. The Bertz CT molecular complexity index is 287. The molecular formula is C11H21IN2O2. The fraction of sp³-hybridized carbons (Fsp3) is 0.636. The number of allylic oxidation sites excluding steroid dienone is 2. The molecule has 0 saturated carbocycles. The molecule has 0 saturated heterocycles. The van der Waals surface area contributed by atoms with Crippen LogP contribution in [-0.2, 0) is 4.79 Å². The lowest BCUT2D eigenvalue weighted by Crippen LogP contribution is -3.00. The van der Waals surface area contributed by atoms with Gasteiger partial charge in [0, 0.05) is 6.21 Å². The molecular weight excluding hydrogens is 319 g/mol. The van der Waals surface area contributed by atoms with E-state index in [4.69, 9.17) is 0 Å². The summed E-state index contributed by atoms with van der Waals surface area (Å²) in [6.07, 6.45) is 1.45. The summed E-state index contributed by atoms with van der Waals surface area (Å²) < 4.78 is 0.828. The van der Waals surface area contributed by atoms with Gasteiger partial charge in [0.1, 0.15) is 5.76 Å². The number of hydrogen-bond acceptors (Lipinski definition) is 3. The molecule has 4 nitrogen and oxygen atoms in total. The molecule has 1 N–H and O–H groups in total. The average molecular weight is 340 g/mol. The van der Waals surface area contributed by atoms with Crippen molar-refractivity contribution in [1.82, 2.24) is 0 Å². The molecule has 0 aromatic rings. The predicted octanol–water partition coefficient (Wildman–Crippen LogP) is -1.81. The molecule has 0 spiro atoms. The van der Waals surface area contributed by atoms with E-state index in [1.807, 2.05) is 0 Å². The minimum atomic E-state index is -0.163. The maximum absolute atomic E-state index is 11.1. The quantitative estimate of drug-likeness (QED) is 0.211. The first-order chi connectivity index (χ1) is 6.74. The SMILES string of the molecule is CC(=O)/C(C=NCC[N+](C)(C)C)=C(/C)O.[I-]. The number of Topliss-reactive ketones (excluding diaryl/α,β-unsaturated/α-hetero) is 1. The normalized spacial score (nSPS) is 13.3. The van der Waals surface area contributed by atoms with Gasteiger partial charge in [0.15, 0.2) is 5.78 Å². The maximum Gasteiger partial charge on any atom is 0.164 e. The van der Waals surface area contributed by atoms with E-state index < -0.39 is 0 Å². The number of likely N-dealkylation sites (N-methyl/N-ethyl adjacent to an activating group) is 1. The lowest BCUT2D eigenvalue weighted by Gasteiger charge is -2.22. The molecule has 16 heavy (non-hydrogen) atoms. The summed E-state index contributed by atoms with van der Waals surface area (Å²) in [5.74, 6) is -0.138. The van der Waals surface area contributed by atoms with Crippen LogP contribution in [0.4, 0.5) is 0 Å². The number of carbonyl (C=O) groups excluding carboxylic acids is 1. The Labute approximate surface area is 115 Å². The van der Waals surface area contributed by atoms with Crippen molar-refractivity contribution < 1.29 is 38.4 Å². The van der Waals surface area contributed by atoms with Gasteiger partial charge in [-0.25, -0.2) is 0 Å². The third-order valence-corrected chi connectivity index (χ3v) is 1.89. The zero-order valence-corrected chi connectivity index (χ0v) is 12.8. The molecule has 0 atom stereocenters. The summed E-state index contributed by atoms with van der Waals surface area (Å²) in [5.41, 5.74) is 0.288. The number of nitrogens with zero attached hydrogens (tertiary/aromatic N) is 2. The van der Waals surface area contributed by atoms with Gasteiger partial charge in [-0.1, -0.05) is 0 Å². The molecule has 0 heterocycles. The van der Waals surface area contributed by atoms with Crippen LogP contribution in [0.25, 0.3) is 0 Å². The molecule has 0 aromatic carbocycles. The van der Waals surface area contributed by atoms with Gasteiger partial charge in [0.25, 0.3) is 0 Å². The second kappa shape index (κ2) is 7.78. The summed E-state index contributed by atoms with van der Waals surface area (Å²) >= 11 is 0. The first kappa shape index (κ1) is 17.9. The van der Waals surface area contributed by atoms with Gasteiger partial charge < -0.3 is 33.6 Å². The van der Waals surface area contributed by atoms with Crippen molar-refractivity contribution in [2.45, 2.75) is 13.8 Å². The minimum Gasteiger partial charge on any atom is -1.00 e. The van der Waals surface area contributed by atoms with E-state index >= 15 is 0 Å². The van der Waals surface area contributed by atoms with Crippen molar-refractivity contribution in [2.75, 3.05) is 34.2 Å². The number of aliphatic hydroxyl groups is 1. The fourth-order valence-electron chi connectivity index (χ4n) is 0.953. The van der Waals surface area contributed by atoms with Crippen LogP contribution in [0, 0.1) is 0 Å². The van der Waals surface area contributed by atoms with Crippen molar-refractivity contribution >= 4 is 12.0 Å². The van der Waals surface area contributed by atoms with E-state index in [0.717, 1.165) is 11.0 Å². The number of hydrogen-bond donors (Lipinski definition) is 1. The molecule has 0 aliphatic heterocycles. The maximum atomic E-state index is 11.1. The van der Waals surface area contributed by atoms with E-state index in [9.17, 15) is 9.90 Å². The number of aliphatic imine (C=N–C) groups is 1. The van der Waals surface area contributed by atoms with Crippen molar-refractivity contribution in [3.63, 3.8) is 0 Å². The first-order valence-corrected chi connectivity index (χ1v) is 4.95. The highest BCUT2D eigenvalue weighted by atomic mass is 127. The van der Waals surface area contributed by atoms with Crippen molar-refractivity contribution in [2.24, 2.45) is 4.99 Å². The van der Waals surface area contributed by atoms with Crippen LogP contribution in [0.5, 0.6) is 0 Å². The molecule has 0 aliphatic rings. The summed E-state index contributed by atoms with van der Waals surface area (Å²) in [5, 5.41) is 9.21. The smallest absolute Gasteiger partial charge is 0.164 e. The Morgan fingerprint density at radius 1 is 1.31 bits per heavy atom.